The van der Waals surface area contributed by atoms with E-state index < -0.39 is 15.6 Å². The molecule has 1 heterocycles. The van der Waals surface area contributed by atoms with E-state index in [9.17, 15) is 13.5 Å². The van der Waals surface area contributed by atoms with Gasteiger partial charge in [0.05, 0.1) is 10.5 Å². The lowest BCUT2D eigenvalue weighted by molar-refractivity contribution is -0.0613. The van der Waals surface area contributed by atoms with Gasteiger partial charge in [0, 0.05) is 18.8 Å². The largest absolute Gasteiger partial charge is 0.399 e. The van der Waals surface area contributed by atoms with Crippen LogP contribution in [0.25, 0.3) is 0 Å². The molecule has 0 saturated carbocycles. The molecule has 0 unspecified atom stereocenters. The van der Waals surface area contributed by atoms with Crippen molar-refractivity contribution < 1.29 is 13.5 Å². The van der Waals surface area contributed by atoms with E-state index in [1.165, 1.54) is 4.31 Å². The van der Waals surface area contributed by atoms with Crippen molar-refractivity contribution in [3.05, 3.63) is 23.3 Å². The minimum atomic E-state index is -3.54. The van der Waals surface area contributed by atoms with Crippen LogP contribution in [-0.4, -0.2) is 36.5 Å². The van der Waals surface area contributed by atoms with Crippen LogP contribution in [0.15, 0.2) is 17.0 Å². The summed E-state index contributed by atoms with van der Waals surface area (Å²) in [7, 11) is -3.54. The summed E-state index contributed by atoms with van der Waals surface area (Å²) in [6.45, 7) is 5.65. The van der Waals surface area contributed by atoms with Gasteiger partial charge in [-0.1, -0.05) is 6.92 Å². The van der Waals surface area contributed by atoms with E-state index >= 15 is 0 Å². The van der Waals surface area contributed by atoms with E-state index in [2.05, 4.69) is 0 Å². The average Bonchev–Trinajstić information content (AvgIpc) is 2.22. The highest BCUT2D eigenvalue weighted by atomic mass is 32.2. The van der Waals surface area contributed by atoms with E-state index in [1.807, 2.05) is 6.92 Å². The second-order valence-electron chi connectivity index (χ2n) is 5.33. The number of anilines is 1. The maximum atomic E-state index is 12.5. The minimum Gasteiger partial charge on any atom is -0.399 e. The Morgan fingerprint density at radius 3 is 2.21 bits per heavy atom. The Hall–Kier alpha value is -1.11. The first kappa shape index (κ1) is 14.3. The van der Waals surface area contributed by atoms with Crippen molar-refractivity contribution in [2.45, 2.75) is 37.7 Å². The Morgan fingerprint density at radius 1 is 1.32 bits per heavy atom. The molecule has 0 spiro atoms. The first-order chi connectivity index (χ1) is 8.69. The molecule has 1 saturated heterocycles. The molecule has 6 heteroatoms. The Bertz CT molecular complexity index is 581. The van der Waals surface area contributed by atoms with Crippen LogP contribution in [0.2, 0.25) is 0 Å². The molecule has 1 aliphatic heterocycles. The van der Waals surface area contributed by atoms with Crippen molar-refractivity contribution in [2.24, 2.45) is 0 Å². The van der Waals surface area contributed by atoms with Gasteiger partial charge in [-0.15, -0.1) is 0 Å². The molecule has 1 aromatic carbocycles. The molecule has 0 aromatic heterocycles. The molecule has 0 radical (unpaired) electrons. The minimum absolute atomic E-state index is 0.162. The van der Waals surface area contributed by atoms with Crippen LogP contribution in [0, 0.1) is 13.8 Å². The summed E-state index contributed by atoms with van der Waals surface area (Å²) in [5.41, 5.74) is 6.68. The highest BCUT2D eigenvalue weighted by molar-refractivity contribution is 7.89. The van der Waals surface area contributed by atoms with E-state index in [0.29, 0.717) is 28.1 Å². The summed E-state index contributed by atoms with van der Waals surface area (Å²) in [5.74, 6) is 0. The van der Waals surface area contributed by atoms with Crippen molar-refractivity contribution in [3.8, 4) is 0 Å². The highest BCUT2D eigenvalue weighted by Crippen LogP contribution is 2.33. The van der Waals surface area contributed by atoms with E-state index in [1.54, 1.807) is 26.0 Å². The van der Waals surface area contributed by atoms with Crippen LogP contribution >= 0.6 is 0 Å². The zero-order valence-electron chi connectivity index (χ0n) is 11.5. The van der Waals surface area contributed by atoms with Gasteiger partial charge >= 0.3 is 0 Å². The number of aliphatic hydroxyl groups is 1. The van der Waals surface area contributed by atoms with Crippen LogP contribution in [0.3, 0.4) is 0 Å². The van der Waals surface area contributed by atoms with Gasteiger partial charge in [0.2, 0.25) is 10.0 Å². The lowest BCUT2D eigenvalue weighted by Crippen LogP contribution is -2.63. The zero-order chi connectivity index (χ0) is 14.4. The molecule has 1 fully saturated rings. The Kier molecular flexibility index (Phi) is 3.36. The van der Waals surface area contributed by atoms with Crippen LogP contribution in [-0.2, 0) is 10.0 Å². The third kappa shape index (κ3) is 2.35. The van der Waals surface area contributed by atoms with Gasteiger partial charge in [-0.25, -0.2) is 8.42 Å². The summed E-state index contributed by atoms with van der Waals surface area (Å²) in [6.07, 6.45) is 0.554. The number of rotatable bonds is 3. The topological polar surface area (TPSA) is 83.6 Å². The number of hydrogen-bond donors (Lipinski definition) is 2. The third-order valence-corrected chi connectivity index (χ3v) is 5.78. The van der Waals surface area contributed by atoms with Crippen molar-refractivity contribution in [2.75, 3.05) is 18.8 Å². The number of nitrogen functional groups attached to an aromatic ring is 1. The van der Waals surface area contributed by atoms with Crippen molar-refractivity contribution in [1.29, 1.82) is 0 Å². The van der Waals surface area contributed by atoms with E-state index in [0.717, 1.165) is 0 Å². The zero-order valence-corrected chi connectivity index (χ0v) is 12.3. The van der Waals surface area contributed by atoms with Crippen LogP contribution in [0.1, 0.15) is 24.5 Å². The van der Waals surface area contributed by atoms with Gasteiger partial charge in [0.1, 0.15) is 0 Å². The van der Waals surface area contributed by atoms with Gasteiger partial charge in [-0.2, -0.15) is 4.31 Å². The highest BCUT2D eigenvalue weighted by Gasteiger charge is 2.46. The molecule has 106 valence electrons. The quantitative estimate of drug-likeness (QED) is 0.812. The maximum Gasteiger partial charge on any atom is 0.243 e. The number of sulfonamides is 1. The Labute approximate surface area is 114 Å². The third-order valence-electron chi connectivity index (χ3n) is 3.68. The fraction of sp³-hybridized carbons (Fsp3) is 0.538. The molecule has 3 N–H and O–H groups in total. The molecule has 1 aliphatic rings. The SMILES string of the molecule is CCC1(O)CN(S(=O)(=O)c2c(C)cc(N)cc2C)C1. The molecule has 1 aromatic rings. The first-order valence-electron chi connectivity index (χ1n) is 6.29. The second kappa shape index (κ2) is 4.47. The van der Waals surface area contributed by atoms with Gasteiger partial charge in [0.15, 0.2) is 0 Å². The van der Waals surface area contributed by atoms with Crippen LogP contribution in [0.5, 0.6) is 0 Å². The normalized spacial score (nSPS) is 19.2. The Morgan fingerprint density at radius 2 is 1.79 bits per heavy atom. The molecule has 0 amide bonds. The summed E-state index contributed by atoms with van der Waals surface area (Å²) >= 11 is 0. The molecule has 0 atom stereocenters. The molecule has 0 bridgehead atoms. The summed E-state index contributed by atoms with van der Waals surface area (Å²) in [5, 5.41) is 9.96. The Balaban J connectivity index is 2.38. The summed E-state index contributed by atoms with van der Waals surface area (Å²) < 4.78 is 26.4. The molecule has 0 aliphatic carbocycles. The van der Waals surface area contributed by atoms with Gasteiger partial charge in [0.25, 0.3) is 0 Å². The number of nitrogens with zero attached hydrogens (tertiary/aromatic N) is 1. The molecule has 2 rings (SSSR count). The fourth-order valence-electron chi connectivity index (χ4n) is 2.52. The van der Waals surface area contributed by atoms with E-state index in [4.69, 9.17) is 5.73 Å². The number of hydrogen-bond acceptors (Lipinski definition) is 4. The van der Waals surface area contributed by atoms with Crippen LogP contribution < -0.4 is 5.73 Å². The van der Waals surface area contributed by atoms with Crippen LogP contribution in [0.4, 0.5) is 5.69 Å². The van der Waals surface area contributed by atoms with Crippen molar-refractivity contribution in [3.63, 3.8) is 0 Å². The lowest BCUT2D eigenvalue weighted by atomic mass is 9.94. The fourth-order valence-corrected chi connectivity index (χ4v) is 4.53. The number of β-amino-alcohol motifs (C(OH)–C–C–N with tert-alkyl or cyclic N) is 1. The number of aryl methyl sites for hydroxylation is 2. The molecule has 19 heavy (non-hydrogen) atoms. The molecular weight excluding hydrogens is 264 g/mol. The van der Waals surface area contributed by atoms with Crippen molar-refractivity contribution in [1.82, 2.24) is 4.31 Å². The lowest BCUT2D eigenvalue weighted by Gasteiger charge is -2.45. The molecule has 5 nitrogen and oxygen atoms in total. The standard InChI is InChI=1S/C13H20N2O3S/c1-4-13(16)7-15(8-13)19(17,18)12-9(2)5-11(14)6-10(12)3/h5-6,16H,4,7-8,14H2,1-3H3. The smallest absolute Gasteiger partial charge is 0.243 e. The number of nitrogens with two attached hydrogens (primary N) is 1. The molecular formula is C13H20N2O3S. The van der Waals surface area contributed by atoms with Gasteiger partial charge < -0.3 is 10.8 Å². The summed E-state index contributed by atoms with van der Waals surface area (Å²) in [6, 6.07) is 3.32. The second-order valence-corrected chi connectivity index (χ2v) is 7.21. The van der Waals surface area contributed by atoms with E-state index in [-0.39, 0.29) is 13.1 Å². The predicted molar refractivity (Wildman–Crippen MR) is 74.3 cm³/mol. The summed E-state index contributed by atoms with van der Waals surface area (Å²) in [4.78, 5) is 0.305. The maximum absolute atomic E-state index is 12.5. The monoisotopic (exact) mass is 284 g/mol. The first-order valence-corrected chi connectivity index (χ1v) is 7.73. The number of benzene rings is 1. The predicted octanol–water partition coefficient (Wildman–Crippen LogP) is 1.03. The van der Waals surface area contributed by atoms with Gasteiger partial charge in [-0.3, -0.25) is 0 Å². The van der Waals surface area contributed by atoms with Gasteiger partial charge in [-0.05, 0) is 43.5 Å². The average molecular weight is 284 g/mol. The van der Waals surface area contributed by atoms with Crippen molar-refractivity contribution >= 4 is 15.7 Å².